The van der Waals surface area contributed by atoms with Crippen molar-refractivity contribution < 1.29 is 14.6 Å². The molecule has 2 rings (SSSR count). The third kappa shape index (κ3) is 5.34. The topological polar surface area (TPSA) is 65.6 Å². The molecule has 4 nitrogen and oxygen atoms in total. The van der Waals surface area contributed by atoms with Crippen LogP contribution in [-0.2, 0) is 4.74 Å². The SMILES string of the molecule is CC(=C/C(=O)c1ccc[nH]1)/C=C/C1OC1(C)C/C=C/C(C)(C)O. The summed E-state index contributed by atoms with van der Waals surface area (Å²) in [6, 6.07) is 3.56. The second-order valence-corrected chi connectivity index (χ2v) is 6.81. The first-order valence-electron chi connectivity index (χ1n) is 7.82. The van der Waals surface area contributed by atoms with E-state index in [-0.39, 0.29) is 17.5 Å². The molecule has 1 fully saturated rings. The number of hydrogen-bond donors (Lipinski definition) is 2. The minimum absolute atomic E-state index is 0.0373. The van der Waals surface area contributed by atoms with Crippen molar-refractivity contribution in [1.29, 1.82) is 0 Å². The lowest BCUT2D eigenvalue weighted by atomic mass is 10.0. The van der Waals surface area contributed by atoms with E-state index in [4.69, 9.17) is 4.74 Å². The van der Waals surface area contributed by atoms with E-state index in [0.717, 1.165) is 12.0 Å². The molecule has 23 heavy (non-hydrogen) atoms. The molecule has 0 bridgehead atoms. The zero-order valence-electron chi connectivity index (χ0n) is 14.2. The van der Waals surface area contributed by atoms with Gasteiger partial charge in [0, 0.05) is 6.20 Å². The first kappa shape index (κ1) is 17.4. The fourth-order valence-electron chi connectivity index (χ4n) is 2.30. The van der Waals surface area contributed by atoms with Gasteiger partial charge in [0.25, 0.3) is 0 Å². The monoisotopic (exact) mass is 315 g/mol. The van der Waals surface area contributed by atoms with Crippen molar-refractivity contribution in [2.45, 2.75) is 51.4 Å². The number of nitrogens with one attached hydrogen (secondary N) is 1. The number of hydrogen-bond acceptors (Lipinski definition) is 3. The Morgan fingerprint density at radius 3 is 2.87 bits per heavy atom. The van der Waals surface area contributed by atoms with Gasteiger partial charge in [-0.15, -0.1) is 0 Å². The van der Waals surface area contributed by atoms with E-state index in [9.17, 15) is 9.90 Å². The van der Waals surface area contributed by atoms with Crippen LogP contribution in [0.25, 0.3) is 0 Å². The molecule has 2 atom stereocenters. The van der Waals surface area contributed by atoms with Crippen LogP contribution >= 0.6 is 0 Å². The van der Waals surface area contributed by atoms with E-state index in [1.165, 1.54) is 0 Å². The van der Waals surface area contributed by atoms with E-state index >= 15 is 0 Å². The van der Waals surface area contributed by atoms with Gasteiger partial charge in [0.05, 0.1) is 16.9 Å². The third-order valence-electron chi connectivity index (χ3n) is 3.75. The van der Waals surface area contributed by atoms with Gasteiger partial charge < -0.3 is 14.8 Å². The summed E-state index contributed by atoms with van der Waals surface area (Å²) in [5.41, 5.74) is 0.451. The van der Waals surface area contributed by atoms with E-state index in [0.29, 0.717) is 5.69 Å². The highest BCUT2D eigenvalue weighted by Gasteiger charge is 2.49. The van der Waals surface area contributed by atoms with E-state index in [1.807, 2.05) is 32.1 Å². The van der Waals surface area contributed by atoms with Gasteiger partial charge in [-0.05, 0) is 57.9 Å². The first-order valence-corrected chi connectivity index (χ1v) is 7.82. The average Bonchev–Trinajstić information content (AvgIpc) is 2.88. The number of carbonyl (C=O) groups is 1. The smallest absolute Gasteiger partial charge is 0.202 e. The number of aliphatic hydroxyl groups is 1. The largest absolute Gasteiger partial charge is 0.386 e. The normalized spacial score (nSPS) is 25.4. The van der Waals surface area contributed by atoms with Crippen molar-refractivity contribution in [1.82, 2.24) is 4.98 Å². The molecule has 124 valence electrons. The van der Waals surface area contributed by atoms with E-state index < -0.39 is 5.60 Å². The molecule has 1 aliphatic heterocycles. The zero-order valence-corrected chi connectivity index (χ0v) is 14.2. The summed E-state index contributed by atoms with van der Waals surface area (Å²) >= 11 is 0. The molecule has 1 saturated heterocycles. The Morgan fingerprint density at radius 2 is 2.26 bits per heavy atom. The third-order valence-corrected chi connectivity index (χ3v) is 3.75. The standard InChI is InChI=1S/C19H25NO3/c1-14(13-16(21)15-7-5-12-20-15)8-9-17-19(4,23-17)11-6-10-18(2,3)22/h5-10,12-13,17,20,22H,11H2,1-4H3/b9-8+,10-6+,14-13-. The number of allylic oxidation sites excluding steroid dienone is 3. The molecule has 1 aromatic heterocycles. The summed E-state index contributed by atoms with van der Waals surface area (Å²) in [4.78, 5) is 14.8. The van der Waals surface area contributed by atoms with Crippen LogP contribution in [-0.4, -0.2) is 33.2 Å². The Kier molecular flexibility index (Phi) is 5.07. The van der Waals surface area contributed by atoms with Crippen molar-refractivity contribution in [2.75, 3.05) is 0 Å². The Bertz CT molecular complexity index is 632. The Balaban J connectivity index is 1.87. The average molecular weight is 315 g/mol. The minimum atomic E-state index is -0.798. The molecule has 4 heteroatoms. The molecule has 0 spiro atoms. The zero-order chi connectivity index (χ0) is 17.1. The molecule has 0 aromatic carbocycles. The number of ether oxygens (including phenoxy) is 1. The van der Waals surface area contributed by atoms with Crippen LogP contribution in [0.4, 0.5) is 0 Å². The predicted molar refractivity (Wildman–Crippen MR) is 91.4 cm³/mol. The maximum Gasteiger partial charge on any atom is 0.202 e. The molecular weight excluding hydrogens is 290 g/mol. The fourth-order valence-corrected chi connectivity index (χ4v) is 2.30. The lowest BCUT2D eigenvalue weighted by Gasteiger charge is -2.10. The first-order chi connectivity index (χ1) is 10.7. The van der Waals surface area contributed by atoms with Crippen LogP contribution in [0.15, 0.2) is 54.3 Å². The highest BCUT2D eigenvalue weighted by atomic mass is 16.6. The van der Waals surface area contributed by atoms with Gasteiger partial charge in [-0.2, -0.15) is 0 Å². The van der Waals surface area contributed by atoms with Gasteiger partial charge in [0.2, 0.25) is 5.78 Å². The second-order valence-electron chi connectivity index (χ2n) is 6.81. The van der Waals surface area contributed by atoms with Gasteiger partial charge in [-0.25, -0.2) is 0 Å². The van der Waals surface area contributed by atoms with Crippen LogP contribution in [0.2, 0.25) is 0 Å². The molecule has 2 unspecified atom stereocenters. The number of H-pyrrole nitrogens is 1. The van der Waals surface area contributed by atoms with Crippen LogP contribution < -0.4 is 0 Å². The molecule has 1 aliphatic rings. The summed E-state index contributed by atoms with van der Waals surface area (Å²) in [6.07, 6.45) is 11.7. The summed E-state index contributed by atoms with van der Waals surface area (Å²) in [5.74, 6) is -0.0373. The highest BCUT2D eigenvalue weighted by Crippen LogP contribution is 2.40. The number of aromatic amines is 1. The summed E-state index contributed by atoms with van der Waals surface area (Å²) in [7, 11) is 0. The fraction of sp³-hybridized carbons (Fsp3) is 0.421. The van der Waals surface area contributed by atoms with Gasteiger partial charge in [0.15, 0.2) is 0 Å². The maximum absolute atomic E-state index is 11.9. The van der Waals surface area contributed by atoms with Gasteiger partial charge in [-0.1, -0.05) is 24.3 Å². The summed E-state index contributed by atoms with van der Waals surface area (Å²) < 4.78 is 5.71. The molecule has 0 saturated carbocycles. The van der Waals surface area contributed by atoms with Crippen LogP contribution in [0, 0.1) is 0 Å². The number of ketones is 1. The number of rotatable bonds is 7. The van der Waals surface area contributed by atoms with Crippen molar-refractivity contribution in [2.24, 2.45) is 0 Å². The molecule has 2 N–H and O–H groups in total. The number of epoxide rings is 1. The van der Waals surface area contributed by atoms with Crippen molar-refractivity contribution in [3.8, 4) is 0 Å². The van der Waals surface area contributed by atoms with Crippen molar-refractivity contribution in [3.05, 3.63) is 60.0 Å². The van der Waals surface area contributed by atoms with Crippen LogP contribution in [0.1, 0.15) is 44.6 Å². The van der Waals surface area contributed by atoms with Gasteiger partial charge >= 0.3 is 0 Å². The van der Waals surface area contributed by atoms with Crippen LogP contribution in [0.5, 0.6) is 0 Å². The van der Waals surface area contributed by atoms with Gasteiger partial charge in [-0.3, -0.25) is 4.79 Å². The minimum Gasteiger partial charge on any atom is -0.386 e. The lowest BCUT2D eigenvalue weighted by molar-refractivity contribution is 0.104. The maximum atomic E-state index is 11.9. The Hall–Kier alpha value is -1.91. The van der Waals surface area contributed by atoms with Crippen LogP contribution in [0.3, 0.4) is 0 Å². The quantitative estimate of drug-likeness (QED) is 0.266. The van der Waals surface area contributed by atoms with E-state index in [2.05, 4.69) is 4.98 Å². The second kappa shape index (κ2) is 6.69. The summed E-state index contributed by atoms with van der Waals surface area (Å²) in [5, 5.41) is 9.66. The summed E-state index contributed by atoms with van der Waals surface area (Å²) in [6.45, 7) is 7.42. The Morgan fingerprint density at radius 1 is 1.52 bits per heavy atom. The lowest BCUT2D eigenvalue weighted by Crippen LogP contribution is -2.14. The highest BCUT2D eigenvalue weighted by molar-refractivity contribution is 6.03. The molecule has 1 aromatic rings. The van der Waals surface area contributed by atoms with Crippen molar-refractivity contribution >= 4 is 5.78 Å². The van der Waals surface area contributed by atoms with E-state index in [1.54, 1.807) is 44.3 Å². The molecule has 2 heterocycles. The molecule has 0 amide bonds. The molecule has 0 aliphatic carbocycles. The molecule has 0 radical (unpaired) electrons. The number of carbonyl (C=O) groups excluding carboxylic acids is 1. The van der Waals surface area contributed by atoms with Gasteiger partial charge in [0.1, 0.15) is 6.10 Å². The molecular formula is C19H25NO3. The Labute approximate surface area is 137 Å². The number of aromatic nitrogens is 1. The van der Waals surface area contributed by atoms with Crippen molar-refractivity contribution in [3.63, 3.8) is 0 Å². The predicted octanol–water partition coefficient (Wildman–Crippen LogP) is 3.57.